The summed E-state index contributed by atoms with van der Waals surface area (Å²) in [6.45, 7) is 1.69. The molecule has 0 bridgehead atoms. The van der Waals surface area contributed by atoms with Crippen molar-refractivity contribution in [2.24, 2.45) is 7.05 Å². The molecule has 1 aromatic carbocycles. The van der Waals surface area contributed by atoms with Crippen molar-refractivity contribution in [3.8, 4) is 6.07 Å². The summed E-state index contributed by atoms with van der Waals surface area (Å²) in [5.41, 5.74) is 5.50. The average molecular weight is 295 g/mol. The zero-order chi connectivity index (χ0) is 15.8. The lowest BCUT2D eigenvalue weighted by molar-refractivity contribution is -0.137. The predicted molar refractivity (Wildman–Crippen MR) is 71.8 cm³/mol. The van der Waals surface area contributed by atoms with Crippen LogP contribution in [0.15, 0.2) is 18.2 Å². The molecule has 5 nitrogen and oxygen atoms in total. The van der Waals surface area contributed by atoms with Crippen molar-refractivity contribution in [1.29, 1.82) is 5.26 Å². The van der Waals surface area contributed by atoms with Gasteiger partial charge in [-0.15, -0.1) is 0 Å². The Labute approximate surface area is 118 Å². The van der Waals surface area contributed by atoms with Gasteiger partial charge < -0.3 is 11.1 Å². The van der Waals surface area contributed by atoms with E-state index >= 15 is 0 Å². The number of benzene rings is 1. The van der Waals surface area contributed by atoms with Crippen LogP contribution >= 0.6 is 0 Å². The number of nitrogen functional groups attached to an aromatic ring is 1. The number of halogens is 3. The van der Waals surface area contributed by atoms with Crippen molar-refractivity contribution in [2.45, 2.75) is 13.1 Å². The number of aromatic nitrogens is 2. The van der Waals surface area contributed by atoms with Gasteiger partial charge in [-0.2, -0.15) is 23.5 Å². The van der Waals surface area contributed by atoms with Gasteiger partial charge >= 0.3 is 6.18 Å². The average Bonchev–Trinajstić information content (AvgIpc) is 2.64. The van der Waals surface area contributed by atoms with Crippen molar-refractivity contribution >= 4 is 17.2 Å². The summed E-state index contributed by atoms with van der Waals surface area (Å²) >= 11 is 0. The quantitative estimate of drug-likeness (QED) is 0.892. The Balaban J connectivity index is 2.45. The first-order valence-electron chi connectivity index (χ1n) is 5.91. The smallest absolute Gasteiger partial charge is 0.394 e. The molecule has 0 atom stereocenters. The van der Waals surface area contributed by atoms with E-state index in [1.165, 1.54) is 16.8 Å². The van der Waals surface area contributed by atoms with Gasteiger partial charge in [-0.25, -0.2) is 0 Å². The molecule has 1 heterocycles. The van der Waals surface area contributed by atoms with E-state index in [0.29, 0.717) is 17.2 Å². The Hall–Kier alpha value is -2.69. The number of hydrogen-bond donors (Lipinski definition) is 2. The number of nitrogens with one attached hydrogen (secondary N) is 1. The highest BCUT2D eigenvalue weighted by Gasteiger charge is 2.33. The van der Waals surface area contributed by atoms with E-state index < -0.39 is 17.3 Å². The normalized spacial score (nSPS) is 11.2. The molecule has 0 unspecified atom stereocenters. The maximum Gasteiger partial charge on any atom is 0.417 e. The van der Waals surface area contributed by atoms with E-state index in [9.17, 15) is 13.2 Å². The molecule has 0 fully saturated rings. The van der Waals surface area contributed by atoms with Gasteiger partial charge in [-0.05, 0) is 25.1 Å². The zero-order valence-electron chi connectivity index (χ0n) is 11.3. The second-order valence-electron chi connectivity index (χ2n) is 4.47. The summed E-state index contributed by atoms with van der Waals surface area (Å²) in [4.78, 5) is 0. The summed E-state index contributed by atoms with van der Waals surface area (Å²) in [6.07, 6.45) is -4.60. The third-order valence-corrected chi connectivity index (χ3v) is 2.98. The fourth-order valence-corrected chi connectivity index (χ4v) is 1.91. The summed E-state index contributed by atoms with van der Waals surface area (Å²) in [5.74, 6) is 0.394. The van der Waals surface area contributed by atoms with E-state index in [-0.39, 0.29) is 5.69 Å². The van der Waals surface area contributed by atoms with Crippen molar-refractivity contribution in [1.82, 2.24) is 9.78 Å². The zero-order valence-corrected chi connectivity index (χ0v) is 11.3. The van der Waals surface area contributed by atoms with Crippen molar-refractivity contribution in [3.05, 3.63) is 35.0 Å². The van der Waals surface area contributed by atoms with Crippen LogP contribution in [0, 0.1) is 18.3 Å². The van der Waals surface area contributed by atoms with Crippen LogP contribution in [0.25, 0.3) is 0 Å². The van der Waals surface area contributed by atoms with Crippen LogP contribution in [-0.4, -0.2) is 9.78 Å². The minimum Gasteiger partial charge on any atom is -0.394 e. The van der Waals surface area contributed by atoms with Crippen LogP contribution in [0.3, 0.4) is 0 Å². The van der Waals surface area contributed by atoms with Crippen LogP contribution in [-0.2, 0) is 13.2 Å². The van der Waals surface area contributed by atoms with Gasteiger partial charge in [0.1, 0.15) is 0 Å². The van der Waals surface area contributed by atoms with Crippen molar-refractivity contribution < 1.29 is 13.2 Å². The molecule has 0 spiro atoms. The highest BCUT2D eigenvalue weighted by atomic mass is 19.4. The Kier molecular flexibility index (Phi) is 3.51. The van der Waals surface area contributed by atoms with Gasteiger partial charge in [-0.1, -0.05) is 0 Å². The highest BCUT2D eigenvalue weighted by molar-refractivity contribution is 5.71. The predicted octanol–water partition coefficient (Wildman–Crippen LogP) is 2.94. The Morgan fingerprint density at radius 2 is 2.05 bits per heavy atom. The van der Waals surface area contributed by atoms with Crippen LogP contribution in [0.2, 0.25) is 0 Å². The number of aryl methyl sites for hydroxylation is 2. The Morgan fingerprint density at radius 3 is 2.52 bits per heavy atom. The lowest BCUT2D eigenvalue weighted by Crippen LogP contribution is -2.09. The second-order valence-corrected chi connectivity index (χ2v) is 4.47. The van der Waals surface area contributed by atoms with Crippen LogP contribution in [0.4, 0.5) is 30.4 Å². The molecule has 0 aliphatic heterocycles. The first-order valence-corrected chi connectivity index (χ1v) is 5.91. The number of nitrogens with two attached hydrogens (primary N) is 1. The molecule has 0 radical (unpaired) electrons. The number of rotatable bonds is 2. The third kappa shape index (κ3) is 2.76. The van der Waals surface area contributed by atoms with Gasteiger partial charge in [0.05, 0.1) is 28.6 Å². The molecule has 21 heavy (non-hydrogen) atoms. The Bertz CT molecular complexity index is 725. The molecule has 0 aliphatic carbocycles. The number of anilines is 3. The lowest BCUT2D eigenvalue weighted by Gasteiger charge is -2.12. The lowest BCUT2D eigenvalue weighted by atomic mass is 10.1. The fraction of sp³-hybridized carbons (Fsp3) is 0.231. The fourth-order valence-electron chi connectivity index (χ4n) is 1.91. The van der Waals surface area contributed by atoms with E-state index in [4.69, 9.17) is 11.0 Å². The largest absolute Gasteiger partial charge is 0.417 e. The van der Waals surface area contributed by atoms with E-state index in [1.54, 1.807) is 14.0 Å². The summed E-state index contributed by atoms with van der Waals surface area (Å²) in [7, 11) is 1.63. The van der Waals surface area contributed by atoms with Crippen molar-refractivity contribution in [2.75, 3.05) is 11.1 Å². The first-order chi connectivity index (χ1) is 9.74. The SMILES string of the molecule is Cc1nn(C)c(Nc2ccc(C#N)c(C(F)(F)F)c2)c1N. The number of hydrogen-bond acceptors (Lipinski definition) is 4. The minimum absolute atomic E-state index is 0.177. The minimum atomic E-state index is -4.60. The molecule has 1 aromatic heterocycles. The maximum atomic E-state index is 12.9. The highest BCUT2D eigenvalue weighted by Crippen LogP contribution is 2.34. The maximum absolute atomic E-state index is 12.9. The third-order valence-electron chi connectivity index (χ3n) is 2.98. The van der Waals surface area contributed by atoms with E-state index in [2.05, 4.69) is 10.4 Å². The molecule has 0 saturated carbocycles. The number of nitrogens with zero attached hydrogens (tertiary/aromatic N) is 3. The van der Waals surface area contributed by atoms with E-state index in [0.717, 1.165) is 12.1 Å². The van der Waals surface area contributed by atoms with Gasteiger partial charge in [-0.3, -0.25) is 4.68 Å². The summed E-state index contributed by atoms with van der Waals surface area (Å²) in [5, 5.41) is 15.6. The van der Waals surface area contributed by atoms with Gasteiger partial charge in [0.25, 0.3) is 0 Å². The molecule has 110 valence electrons. The molecule has 0 amide bonds. The molecule has 0 saturated heterocycles. The Morgan fingerprint density at radius 1 is 1.38 bits per heavy atom. The summed E-state index contributed by atoms with van der Waals surface area (Å²) in [6, 6.07) is 4.91. The molecular formula is C13H12F3N5. The summed E-state index contributed by atoms with van der Waals surface area (Å²) < 4.78 is 40.1. The van der Waals surface area contributed by atoms with E-state index in [1.807, 2.05) is 0 Å². The van der Waals surface area contributed by atoms with Crippen LogP contribution in [0.5, 0.6) is 0 Å². The molecule has 2 aromatic rings. The van der Waals surface area contributed by atoms with Crippen molar-refractivity contribution in [3.63, 3.8) is 0 Å². The molecule has 3 N–H and O–H groups in total. The molecule has 8 heteroatoms. The van der Waals surface area contributed by atoms with Gasteiger partial charge in [0.15, 0.2) is 5.82 Å². The second kappa shape index (κ2) is 5.01. The van der Waals surface area contributed by atoms with Gasteiger partial charge in [0.2, 0.25) is 0 Å². The van der Waals surface area contributed by atoms with Crippen LogP contribution < -0.4 is 11.1 Å². The molecular weight excluding hydrogens is 283 g/mol. The molecule has 0 aliphatic rings. The number of nitriles is 1. The topological polar surface area (TPSA) is 79.7 Å². The van der Waals surface area contributed by atoms with Gasteiger partial charge in [0, 0.05) is 12.7 Å². The first kappa shape index (κ1) is 14.7. The standard InChI is InChI=1S/C13H12F3N5/c1-7-11(18)12(21(2)20-7)19-9-4-3-8(6-17)10(5-9)13(14,15)16/h3-5,19H,18H2,1-2H3. The molecule has 2 rings (SSSR count). The number of alkyl halides is 3. The monoisotopic (exact) mass is 295 g/mol. The van der Waals surface area contributed by atoms with Crippen LogP contribution in [0.1, 0.15) is 16.8 Å².